The van der Waals surface area contributed by atoms with Crippen molar-refractivity contribution in [1.29, 1.82) is 0 Å². The van der Waals surface area contributed by atoms with Gasteiger partial charge in [0.25, 0.3) is 5.69 Å². The first-order chi connectivity index (χ1) is 16.5. The third-order valence-electron chi connectivity index (χ3n) is 5.33. The second-order valence-electron chi connectivity index (χ2n) is 8.07. The predicted octanol–water partition coefficient (Wildman–Crippen LogP) is 5.06. The molecule has 1 aliphatic heterocycles. The van der Waals surface area contributed by atoms with Gasteiger partial charge >= 0.3 is 0 Å². The van der Waals surface area contributed by atoms with Gasteiger partial charge in [-0.1, -0.05) is 38.1 Å². The number of non-ortho nitro benzene ring substituents is 1. The highest BCUT2D eigenvalue weighted by molar-refractivity contribution is 7.99. The molecule has 2 aromatic carbocycles. The van der Waals surface area contributed by atoms with E-state index < -0.39 is 4.92 Å². The molecule has 0 fully saturated rings. The molecule has 0 spiro atoms. The number of benzene rings is 1. The van der Waals surface area contributed by atoms with Gasteiger partial charge in [0.1, 0.15) is 0 Å². The fraction of sp³-hybridized carbons (Fsp3) is 0.480. The van der Waals surface area contributed by atoms with Crippen molar-refractivity contribution in [1.82, 2.24) is 0 Å². The molecule has 3 rings (SSSR count). The van der Waals surface area contributed by atoms with E-state index in [1.165, 1.54) is 23.9 Å². The fourth-order valence-electron chi connectivity index (χ4n) is 3.46. The molecule has 1 aliphatic rings. The van der Waals surface area contributed by atoms with Gasteiger partial charge in [-0.3, -0.25) is 14.9 Å². The van der Waals surface area contributed by atoms with Crippen molar-refractivity contribution < 1.29 is 19.1 Å². The van der Waals surface area contributed by atoms with Crippen molar-refractivity contribution >= 4 is 29.2 Å². The SMILES string of the molecule is CC(C)c1ccc2c(=O)c(c1)[C@H](c1ccc([N+](=O)[O-])cc1)SCCOCCOCCOCCS2. The van der Waals surface area contributed by atoms with Crippen LogP contribution in [0.5, 0.6) is 0 Å². The number of thioether (sulfide) groups is 2. The second kappa shape index (κ2) is 13.8. The molecule has 1 heterocycles. The molecule has 7 nitrogen and oxygen atoms in total. The minimum absolute atomic E-state index is 0.0127. The van der Waals surface area contributed by atoms with Crippen LogP contribution in [0.4, 0.5) is 5.69 Å². The Hall–Kier alpha value is -1.91. The summed E-state index contributed by atoms with van der Waals surface area (Å²) in [6.07, 6.45) is 0. The molecule has 184 valence electrons. The molecule has 2 bridgehead atoms. The molecule has 0 radical (unpaired) electrons. The van der Waals surface area contributed by atoms with Gasteiger partial charge in [0, 0.05) is 29.2 Å². The van der Waals surface area contributed by atoms with Gasteiger partial charge in [0.05, 0.1) is 54.7 Å². The zero-order valence-electron chi connectivity index (χ0n) is 19.6. The molecule has 0 aromatic heterocycles. The lowest BCUT2D eigenvalue weighted by atomic mass is 10.0. The molecular weight excluding hydrogens is 474 g/mol. The van der Waals surface area contributed by atoms with E-state index in [2.05, 4.69) is 13.8 Å². The summed E-state index contributed by atoms with van der Waals surface area (Å²) in [4.78, 5) is 25.1. The van der Waals surface area contributed by atoms with Crippen molar-refractivity contribution in [2.24, 2.45) is 0 Å². The summed E-state index contributed by atoms with van der Waals surface area (Å²) in [6.45, 7) is 7.27. The summed E-state index contributed by atoms with van der Waals surface area (Å²) in [5.41, 5.74) is 2.63. The Balaban J connectivity index is 2.03. The van der Waals surface area contributed by atoms with E-state index in [0.717, 1.165) is 11.1 Å². The summed E-state index contributed by atoms with van der Waals surface area (Å²) >= 11 is 3.10. The summed E-state index contributed by atoms with van der Waals surface area (Å²) in [5, 5.41) is 10.9. The molecule has 34 heavy (non-hydrogen) atoms. The van der Waals surface area contributed by atoms with E-state index in [-0.39, 0.29) is 22.3 Å². The predicted molar refractivity (Wildman–Crippen MR) is 137 cm³/mol. The van der Waals surface area contributed by atoms with Crippen molar-refractivity contribution in [3.63, 3.8) is 0 Å². The Morgan fingerprint density at radius 3 is 2.15 bits per heavy atom. The fourth-order valence-corrected chi connectivity index (χ4v) is 5.45. The van der Waals surface area contributed by atoms with Crippen LogP contribution in [0.3, 0.4) is 0 Å². The molecule has 0 saturated heterocycles. The monoisotopic (exact) mass is 505 g/mol. The zero-order valence-corrected chi connectivity index (χ0v) is 21.2. The Labute approximate surface area is 208 Å². The van der Waals surface area contributed by atoms with Gasteiger partial charge in [-0.2, -0.15) is 0 Å². The Bertz CT molecular complexity index is 1000. The van der Waals surface area contributed by atoms with E-state index in [1.807, 2.05) is 18.2 Å². The van der Waals surface area contributed by atoms with E-state index in [0.29, 0.717) is 61.6 Å². The van der Waals surface area contributed by atoms with Crippen LogP contribution in [0, 0.1) is 10.1 Å². The first-order valence-corrected chi connectivity index (χ1v) is 13.4. The van der Waals surface area contributed by atoms with E-state index in [9.17, 15) is 14.9 Å². The molecule has 0 unspecified atom stereocenters. The summed E-state index contributed by atoms with van der Waals surface area (Å²) in [7, 11) is 0. The van der Waals surface area contributed by atoms with Crippen molar-refractivity contribution in [2.75, 3.05) is 51.1 Å². The molecule has 1 atom stereocenters. The van der Waals surface area contributed by atoms with Crippen LogP contribution < -0.4 is 5.43 Å². The highest BCUT2D eigenvalue weighted by Gasteiger charge is 2.21. The van der Waals surface area contributed by atoms with Crippen molar-refractivity contribution in [3.05, 3.63) is 79.5 Å². The maximum Gasteiger partial charge on any atom is 0.269 e. The van der Waals surface area contributed by atoms with Gasteiger partial charge in [-0.05, 0) is 23.1 Å². The van der Waals surface area contributed by atoms with Gasteiger partial charge in [0.2, 0.25) is 0 Å². The summed E-state index contributed by atoms with van der Waals surface area (Å²) in [5.74, 6) is 1.58. The topological polar surface area (TPSA) is 87.9 Å². The number of fused-ring (bicyclic) bond motifs is 2. The normalized spacial score (nSPS) is 18.9. The lowest BCUT2D eigenvalue weighted by Crippen LogP contribution is -2.14. The summed E-state index contributed by atoms with van der Waals surface area (Å²) < 4.78 is 16.8. The van der Waals surface area contributed by atoms with E-state index in [1.54, 1.807) is 23.9 Å². The first-order valence-electron chi connectivity index (χ1n) is 11.4. The Morgan fingerprint density at radius 2 is 1.53 bits per heavy atom. The molecule has 0 aliphatic carbocycles. The van der Waals surface area contributed by atoms with Gasteiger partial charge in [0.15, 0.2) is 5.43 Å². The maximum absolute atomic E-state index is 13.7. The minimum Gasteiger partial charge on any atom is -0.378 e. The third kappa shape index (κ3) is 7.81. The lowest BCUT2D eigenvalue weighted by Gasteiger charge is -2.18. The van der Waals surface area contributed by atoms with Crippen molar-refractivity contribution in [2.45, 2.75) is 29.9 Å². The van der Waals surface area contributed by atoms with Gasteiger partial charge in [-0.25, -0.2) is 0 Å². The lowest BCUT2D eigenvalue weighted by molar-refractivity contribution is -0.384. The number of nitrogens with zero attached hydrogens (tertiary/aromatic N) is 1. The quantitative estimate of drug-likeness (QED) is 0.423. The molecule has 2 aromatic rings. The number of ether oxygens (including phenoxy) is 3. The van der Waals surface area contributed by atoms with Crippen LogP contribution in [0.2, 0.25) is 0 Å². The largest absolute Gasteiger partial charge is 0.378 e. The van der Waals surface area contributed by atoms with Crippen LogP contribution in [0.15, 0.2) is 52.2 Å². The van der Waals surface area contributed by atoms with Crippen LogP contribution in [-0.4, -0.2) is 56.1 Å². The molecule has 0 saturated carbocycles. The number of hydrogen-bond acceptors (Lipinski definition) is 8. The van der Waals surface area contributed by atoms with Crippen LogP contribution in [0.1, 0.15) is 41.7 Å². The molecule has 0 amide bonds. The average molecular weight is 506 g/mol. The molecule has 0 N–H and O–H groups in total. The number of hydrogen-bond donors (Lipinski definition) is 0. The Kier molecular flexibility index (Phi) is 10.9. The first kappa shape index (κ1) is 26.7. The maximum atomic E-state index is 13.7. The second-order valence-corrected chi connectivity index (χ2v) is 10.4. The summed E-state index contributed by atoms with van der Waals surface area (Å²) in [6, 6.07) is 12.4. The van der Waals surface area contributed by atoms with Crippen molar-refractivity contribution in [3.8, 4) is 0 Å². The van der Waals surface area contributed by atoms with Crippen LogP contribution >= 0.6 is 23.5 Å². The number of nitro benzene ring substituents is 1. The number of rotatable bonds is 3. The highest BCUT2D eigenvalue weighted by atomic mass is 32.2. The third-order valence-corrected chi connectivity index (χ3v) is 7.60. The van der Waals surface area contributed by atoms with Crippen LogP contribution in [0.25, 0.3) is 0 Å². The van der Waals surface area contributed by atoms with E-state index >= 15 is 0 Å². The Morgan fingerprint density at radius 1 is 0.912 bits per heavy atom. The minimum atomic E-state index is -0.413. The van der Waals surface area contributed by atoms with Gasteiger partial charge in [-0.15, -0.1) is 23.5 Å². The van der Waals surface area contributed by atoms with Gasteiger partial charge < -0.3 is 14.2 Å². The average Bonchev–Trinajstić information content (AvgIpc) is 2.98. The highest BCUT2D eigenvalue weighted by Crippen LogP contribution is 2.36. The standard InChI is InChI=1S/C25H31NO6S2/c1-18(2)20-5-8-23-24(27)22(17-20)25(19-3-6-21(7-4-19)26(28)29)34-16-14-32-12-10-30-9-11-31-13-15-33-23/h3-8,17-18,25H,9-16H2,1-2H3/t25-/m0/s1. The smallest absolute Gasteiger partial charge is 0.269 e. The molecular formula is C25H31NO6S2. The number of nitro groups is 1. The zero-order chi connectivity index (χ0) is 24.3. The van der Waals surface area contributed by atoms with Crippen LogP contribution in [-0.2, 0) is 14.2 Å². The molecule has 9 heteroatoms. The van der Waals surface area contributed by atoms with E-state index in [4.69, 9.17) is 14.2 Å².